The van der Waals surface area contributed by atoms with E-state index in [9.17, 15) is 9.18 Å². The van der Waals surface area contributed by atoms with Crippen molar-refractivity contribution in [2.45, 2.75) is 25.4 Å². The minimum atomic E-state index is -0.908. The molecule has 32 heavy (non-hydrogen) atoms. The largest absolute Gasteiger partial charge is 0.497 e. The number of hydrogen-bond acceptors (Lipinski definition) is 6. The summed E-state index contributed by atoms with van der Waals surface area (Å²) >= 11 is 0. The highest BCUT2D eigenvalue weighted by molar-refractivity contribution is 6.04. The van der Waals surface area contributed by atoms with E-state index in [0.29, 0.717) is 40.7 Å². The molecular formula is C23H20FN5O3. The number of alkyl halides is 1. The number of nitrogens with one attached hydrogen (secondary N) is 1. The Kier molecular flexibility index (Phi) is 4.93. The molecule has 5 rings (SSSR count). The predicted molar refractivity (Wildman–Crippen MR) is 115 cm³/mol. The number of ether oxygens (including phenoxy) is 1. The fraction of sp³-hybridized carbons (Fsp3) is 0.217. The van der Waals surface area contributed by atoms with Gasteiger partial charge in [0.25, 0.3) is 5.91 Å². The fourth-order valence-corrected chi connectivity index (χ4v) is 3.35. The Labute approximate surface area is 183 Å². The summed E-state index contributed by atoms with van der Waals surface area (Å²) in [6, 6.07) is 12.9. The third kappa shape index (κ3) is 3.84. The predicted octanol–water partition coefficient (Wildman–Crippen LogP) is 4.32. The van der Waals surface area contributed by atoms with Crippen molar-refractivity contribution >= 4 is 11.6 Å². The van der Waals surface area contributed by atoms with E-state index in [2.05, 4.69) is 20.6 Å². The quantitative estimate of drug-likeness (QED) is 0.487. The Bertz CT molecular complexity index is 1300. The number of nitrogens with zero attached hydrogens (tertiary/aromatic N) is 4. The molecular weight excluding hydrogens is 413 g/mol. The van der Waals surface area contributed by atoms with Crippen LogP contribution in [0.3, 0.4) is 0 Å². The Morgan fingerprint density at radius 2 is 2.12 bits per heavy atom. The van der Waals surface area contributed by atoms with Gasteiger partial charge in [0.05, 0.1) is 30.5 Å². The lowest BCUT2D eigenvalue weighted by Crippen LogP contribution is -2.12. The zero-order valence-corrected chi connectivity index (χ0v) is 17.4. The zero-order chi connectivity index (χ0) is 22.2. The Morgan fingerprint density at radius 1 is 1.28 bits per heavy atom. The van der Waals surface area contributed by atoms with Crippen molar-refractivity contribution in [3.05, 3.63) is 71.9 Å². The minimum Gasteiger partial charge on any atom is -0.497 e. The van der Waals surface area contributed by atoms with Gasteiger partial charge in [0.15, 0.2) is 0 Å². The molecule has 1 amide bonds. The van der Waals surface area contributed by atoms with E-state index in [1.165, 1.54) is 6.20 Å². The summed E-state index contributed by atoms with van der Waals surface area (Å²) in [7, 11) is 1.59. The number of benzene rings is 2. The van der Waals surface area contributed by atoms with Crippen molar-refractivity contribution in [3.8, 4) is 22.8 Å². The average Bonchev–Trinajstić information content (AvgIpc) is 3.22. The molecule has 0 unspecified atom stereocenters. The van der Waals surface area contributed by atoms with Crippen LogP contribution >= 0.6 is 0 Å². The molecule has 2 atom stereocenters. The normalized spacial score (nSPS) is 17.2. The van der Waals surface area contributed by atoms with Crippen LogP contribution in [0.25, 0.3) is 17.1 Å². The molecule has 0 bridgehead atoms. The molecule has 162 valence electrons. The number of aromatic nitrogens is 4. The van der Waals surface area contributed by atoms with Gasteiger partial charge in [-0.25, -0.2) is 9.07 Å². The lowest BCUT2D eigenvalue weighted by atomic mass is 10.1. The number of aryl methyl sites for hydroxylation is 1. The third-order valence-corrected chi connectivity index (χ3v) is 5.38. The molecule has 9 heteroatoms. The van der Waals surface area contributed by atoms with Crippen LogP contribution in [0.2, 0.25) is 0 Å². The molecule has 1 fully saturated rings. The maximum Gasteiger partial charge on any atom is 0.258 e. The van der Waals surface area contributed by atoms with E-state index in [0.717, 1.165) is 11.3 Å². The lowest BCUT2D eigenvalue weighted by Gasteiger charge is -2.08. The second-order valence-electron chi connectivity index (χ2n) is 7.67. The third-order valence-electron chi connectivity index (χ3n) is 5.38. The molecule has 0 saturated heterocycles. The van der Waals surface area contributed by atoms with Crippen LogP contribution in [0.1, 0.15) is 34.2 Å². The first-order chi connectivity index (χ1) is 15.5. The van der Waals surface area contributed by atoms with Crippen molar-refractivity contribution in [1.29, 1.82) is 0 Å². The number of halogens is 1. The maximum atomic E-state index is 13.3. The summed E-state index contributed by atoms with van der Waals surface area (Å²) in [5, 5.41) is 11.1. The van der Waals surface area contributed by atoms with Crippen LogP contribution in [0.5, 0.6) is 5.75 Å². The van der Waals surface area contributed by atoms with Crippen molar-refractivity contribution in [2.75, 3.05) is 12.4 Å². The van der Waals surface area contributed by atoms with Gasteiger partial charge >= 0.3 is 0 Å². The molecule has 0 aliphatic heterocycles. The van der Waals surface area contributed by atoms with E-state index in [4.69, 9.17) is 9.26 Å². The standard InChI is InChI=1S/C23H20FN5O3/c1-13-6-7-14(21-27-23(32-28-21)18-10-19(18)24)8-20(13)26-22(30)15-11-25-29(12-15)16-4-3-5-17(9-16)31-2/h3-9,11-12,18-19H,10H2,1-2H3,(H,26,30)/t18-,19-/m0/s1. The number of anilines is 1. The topological polar surface area (TPSA) is 95.1 Å². The average molecular weight is 433 g/mol. The number of carbonyl (C=O) groups is 1. The van der Waals surface area contributed by atoms with Crippen molar-refractivity contribution in [1.82, 2.24) is 19.9 Å². The number of amides is 1. The Morgan fingerprint density at radius 3 is 2.91 bits per heavy atom. The molecule has 0 radical (unpaired) electrons. The number of rotatable bonds is 6. The number of hydrogen-bond donors (Lipinski definition) is 1. The lowest BCUT2D eigenvalue weighted by molar-refractivity contribution is 0.102. The summed E-state index contributed by atoms with van der Waals surface area (Å²) in [6.45, 7) is 1.89. The summed E-state index contributed by atoms with van der Waals surface area (Å²) in [5.74, 6) is 0.766. The van der Waals surface area contributed by atoms with E-state index < -0.39 is 6.17 Å². The van der Waals surface area contributed by atoms with Crippen LogP contribution in [0.15, 0.2) is 59.4 Å². The van der Waals surface area contributed by atoms with Gasteiger partial charge in [-0.2, -0.15) is 10.1 Å². The molecule has 1 N–H and O–H groups in total. The van der Waals surface area contributed by atoms with Gasteiger partial charge < -0.3 is 14.6 Å². The Hall–Kier alpha value is -4.01. The molecule has 2 heterocycles. The van der Waals surface area contributed by atoms with Gasteiger partial charge in [0.2, 0.25) is 11.7 Å². The summed E-state index contributed by atoms with van der Waals surface area (Å²) in [6.07, 6.45) is 2.66. The van der Waals surface area contributed by atoms with E-state index in [1.54, 1.807) is 24.1 Å². The number of carbonyl (C=O) groups excluding carboxylic acids is 1. The molecule has 8 nitrogen and oxygen atoms in total. The van der Waals surface area contributed by atoms with Crippen LogP contribution in [-0.2, 0) is 0 Å². The van der Waals surface area contributed by atoms with E-state index >= 15 is 0 Å². The van der Waals surface area contributed by atoms with Gasteiger partial charge in [0.1, 0.15) is 11.9 Å². The summed E-state index contributed by atoms with van der Waals surface area (Å²) in [5.41, 5.74) is 3.34. The number of methoxy groups -OCH3 is 1. The fourth-order valence-electron chi connectivity index (χ4n) is 3.35. The smallest absolute Gasteiger partial charge is 0.258 e. The molecule has 1 aliphatic carbocycles. The Balaban J connectivity index is 1.35. The monoisotopic (exact) mass is 433 g/mol. The summed E-state index contributed by atoms with van der Waals surface area (Å²) in [4.78, 5) is 17.1. The highest BCUT2D eigenvalue weighted by atomic mass is 19.1. The van der Waals surface area contributed by atoms with Gasteiger partial charge in [0, 0.05) is 23.5 Å². The van der Waals surface area contributed by atoms with E-state index in [1.807, 2.05) is 43.3 Å². The van der Waals surface area contributed by atoms with E-state index in [-0.39, 0.29) is 11.8 Å². The molecule has 0 spiro atoms. The first kappa shape index (κ1) is 19.9. The van der Waals surface area contributed by atoms with Crippen molar-refractivity contribution < 1.29 is 18.4 Å². The molecule has 4 aromatic rings. The first-order valence-electron chi connectivity index (χ1n) is 10.1. The van der Waals surface area contributed by atoms with Gasteiger partial charge in [-0.05, 0) is 37.1 Å². The van der Waals surface area contributed by atoms with Crippen LogP contribution < -0.4 is 10.1 Å². The van der Waals surface area contributed by atoms with Crippen LogP contribution in [0.4, 0.5) is 10.1 Å². The van der Waals surface area contributed by atoms with Gasteiger partial charge in [-0.1, -0.05) is 23.4 Å². The molecule has 1 aliphatic rings. The minimum absolute atomic E-state index is 0.300. The highest BCUT2D eigenvalue weighted by Crippen LogP contribution is 2.43. The van der Waals surface area contributed by atoms with Crippen molar-refractivity contribution in [2.24, 2.45) is 0 Å². The van der Waals surface area contributed by atoms with Gasteiger partial charge in [-0.15, -0.1) is 0 Å². The summed E-state index contributed by atoms with van der Waals surface area (Å²) < 4.78 is 25.3. The van der Waals surface area contributed by atoms with Crippen LogP contribution in [0, 0.1) is 6.92 Å². The second-order valence-corrected chi connectivity index (χ2v) is 7.67. The van der Waals surface area contributed by atoms with Gasteiger partial charge in [-0.3, -0.25) is 4.79 Å². The van der Waals surface area contributed by atoms with Crippen molar-refractivity contribution in [3.63, 3.8) is 0 Å². The molecule has 2 aromatic heterocycles. The molecule has 1 saturated carbocycles. The zero-order valence-electron chi connectivity index (χ0n) is 17.4. The maximum absolute atomic E-state index is 13.3. The SMILES string of the molecule is COc1cccc(-n2cc(C(=O)Nc3cc(-c4noc([C@H]5C[C@@H]5F)n4)ccc3C)cn2)c1. The molecule has 2 aromatic carbocycles. The second kappa shape index (κ2) is 7.92. The first-order valence-corrected chi connectivity index (χ1v) is 10.1. The highest BCUT2D eigenvalue weighted by Gasteiger charge is 2.43. The van der Waals surface area contributed by atoms with Crippen LogP contribution in [-0.4, -0.2) is 39.1 Å².